The number of carbonyl (C=O) groups excluding carboxylic acids is 2. The van der Waals surface area contributed by atoms with Crippen LogP contribution in [-0.4, -0.2) is 30.9 Å². The smallest absolute Gasteiger partial charge is 0.265 e. The SMILES string of the molecule is CN(C)c1ncccc1C(=O)Nc1cccc(NC(=O)c2cccs2)c1. The average molecular weight is 366 g/mol. The van der Waals surface area contributed by atoms with Crippen LogP contribution in [0.5, 0.6) is 0 Å². The van der Waals surface area contributed by atoms with E-state index in [4.69, 9.17) is 0 Å². The average Bonchev–Trinajstić information content (AvgIpc) is 3.17. The summed E-state index contributed by atoms with van der Waals surface area (Å²) < 4.78 is 0. The summed E-state index contributed by atoms with van der Waals surface area (Å²) in [5.74, 6) is 0.154. The van der Waals surface area contributed by atoms with Crippen LogP contribution in [-0.2, 0) is 0 Å². The van der Waals surface area contributed by atoms with Crippen molar-refractivity contribution in [2.45, 2.75) is 0 Å². The molecule has 7 heteroatoms. The van der Waals surface area contributed by atoms with E-state index >= 15 is 0 Å². The second-order valence-corrected chi connectivity index (χ2v) is 6.68. The third-order valence-corrected chi connectivity index (χ3v) is 4.45. The molecule has 2 aromatic heterocycles. The van der Waals surface area contributed by atoms with Crippen molar-refractivity contribution in [3.63, 3.8) is 0 Å². The predicted molar refractivity (Wildman–Crippen MR) is 105 cm³/mol. The summed E-state index contributed by atoms with van der Waals surface area (Å²) in [4.78, 5) is 31.4. The number of hydrogen-bond acceptors (Lipinski definition) is 5. The quantitative estimate of drug-likeness (QED) is 0.722. The molecular formula is C19H18N4O2S. The second-order valence-electron chi connectivity index (χ2n) is 5.74. The minimum absolute atomic E-state index is 0.175. The van der Waals surface area contributed by atoms with Gasteiger partial charge in [0.05, 0.1) is 10.4 Å². The van der Waals surface area contributed by atoms with E-state index in [0.29, 0.717) is 27.6 Å². The van der Waals surface area contributed by atoms with Gasteiger partial charge in [0.15, 0.2) is 0 Å². The van der Waals surface area contributed by atoms with E-state index in [-0.39, 0.29) is 11.8 Å². The van der Waals surface area contributed by atoms with Gasteiger partial charge in [0, 0.05) is 31.7 Å². The minimum Gasteiger partial charge on any atom is -0.362 e. The van der Waals surface area contributed by atoms with Crippen molar-refractivity contribution >= 4 is 40.3 Å². The van der Waals surface area contributed by atoms with Crippen LogP contribution in [0.1, 0.15) is 20.0 Å². The standard InChI is InChI=1S/C19H18N4O2S/c1-23(2)17-15(8-4-10-20-17)18(24)21-13-6-3-7-14(12-13)22-19(25)16-9-5-11-26-16/h3-12H,1-2H3,(H,21,24)(H,22,25). The first-order valence-electron chi connectivity index (χ1n) is 7.93. The van der Waals surface area contributed by atoms with Gasteiger partial charge >= 0.3 is 0 Å². The molecule has 6 nitrogen and oxygen atoms in total. The summed E-state index contributed by atoms with van der Waals surface area (Å²) in [6.45, 7) is 0. The lowest BCUT2D eigenvalue weighted by Gasteiger charge is -2.15. The number of rotatable bonds is 5. The van der Waals surface area contributed by atoms with Crippen molar-refractivity contribution in [3.05, 3.63) is 70.5 Å². The molecule has 2 heterocycles. The van der Waals surface area contributed by atoms with Crippen LogP contribution in [0.2, 0.25) is 0 Å². The van der Waals surface area contributed by atoms with Crippen LogP contribution >= 0.6 is 11.3 Å². The number of benzene rings is 1. The number of amides is 2. The first-order chi connectivity index (χ1) is 12.5. The highest BCUT2D eigenvalue weighted by atomic mass is 32.1. The van der Waals surface area contributed by atoms with E-state index in [1.807, 2.05) is 25.5 Å². The molecule has 0 unspecified atom stereocenters. The summed E-state index contributed by atoms with van der Waals surface area (Å²) in [7, 11) is 3.67. The fraction of sp³-hybridized carbons (Fsp3) is 0.105. The molecule has 0 aliphatic heterocycles. The van der Waals surface area contributed by atoms with Gasteiger partial charge in [-0.1, -0.05) is 12.1 Å². The summed E-state index contributed by atoms with van der Waals surface area (Å²) in [5.41, 5.74) is 1.68. The molecule has 0 aliphatic rings. The van der Waals surface area contributed by atoms with Crippen LogP contribution < -0.4 is 15.5 Å². The first-order valence-corrected chi connectivity index (χ1v) is 8.81. The number of nitrogens with one attached hydrogen (secondary N) is 2. The second kappa shape index (κ2) is 7.79. The van der Waals surface area contributed by atoms with Gasteiger partial charge in [0.25, 0.3) is 11.8 Å². The molecule has 3 aromatic rings. The summed E-state index contributed by atoms with van der Waals surface area (Å²) in [5, 5.41) is 7.52. The van der Waals surface area contributed by atoms with Crippen molar-refractivity contribution in [3.8, 4) is 0 Å². The lowest BCUT2D eigenvalue weighted by molar-refractivity contribution is 0.102. The third-order valence-electron chi connectivity index (χ3n) is 3.58. The number of aromatic nitrogens is 1. The lowest BCUT2D eigenvalue weighted by Crippen LogP contribution is -2.19. The van der Waals surface area contributed by atoms with Gasteiger partial charge < -0.3 is 15.5 Å². The Morgan fingerprint density at radius 2 is 1.69 bits per heavy atom. The maximum atomic E-state index is 12.6. The Labute approximate surface area is 155 Å². The zero-order valence-electron chi connectivity index (χ0n) is 14.4. The molecule has 0 aliphatic carbocycles. The van der Waals surface area contributed by atoms with E-state index in [2.05, 4.69) is 15.6 Å². The van der Waals surface area contributed by atoms with Crippen molar-refractivity contribution in [2.75, 3.05) is 29.6 Å². The normalized spacial score (nSPS) is 10.2. The fourth-order valence-electron chi connectivity index (χ4n) is 2.40. The van der Waals surface area contributed by atoms with Crippen LogP contribution in [0.3, 0.4) is 0 Å². The zero-order chi connectivity index (χ0) is 18.5. The monoisotopic (exact) mass is 366 g/mol. The maximum absolute atomic E-state index is 12.6. The molecule has 2 amide bonds. The molecule has 3 rings (SSSR count). The highest BCUT2D eigenvalue weighted by Crippen LogP contribution is 2.20. The minimum atomic E-state index is -0.261. The molecule has 0 fully saturated rings. The Morgan fingerprint density at radius 1 is 0.962 bits per heavy atom. The number of nitrogens with zero attached hydrogens (tertiary/aromatic N) is 2. The van der Waals surface area contributed by atoms with Gasteiger partial charge in [0.2, 0.25) is 0 Å². The van der Waals surface area contributed by atoms with E-state index in [0.717, 1.165) is 0 Å². The van der Waals surface area contributed by atoms with Crippen LogP contribution in [0, 0.1) is 0 Å². The first kappa shape index (κ1) is 17.6. The molecule has 26 heavy (non-hydrogen) atoms. The van der Waals surface area contributed by atoms with E-state index < -0.39 is 0 Å². The van der Waals surface area contributed by atoms with Crippen molar-refractivity contribution in [2.24, 2.45) is 0 Å². The van der Waals surface area contributed by atoms with Crippen LogP contribution in [0.4, 0.5) is 17.2 Å². The molecule has 0 spiro atoms. The van der Waals surface area contributed by atoms with Gasteiger partial charge in [-0.3, -0.25) is 9.59 Å². The molecule has 1 aromatic carbocycles. The molecule has 2 N–H and O–H groups in total. The largest absolute Gasteiger partial charge is 0.362 e. The van der Waals surface area contributed by atoms with Gasteiger partial charge in [0.1, 0.15) is 5.82 Å². The topological polar surface area (TPSA) is 74.3 Å². The number of pyridine rings is 1. The van der Waals surface area contributed by atoms with Crippen molar-refractivity contribution in [1.82, 2.24) is 4.98 Å². The number of hydrogen-bond donors (Lipinski definition) is 2. The Bertz CT molecular complexity index is 923. The van der Waals surface area contributed by atoms with Gasteiger partial charge in [-0.25, -0.2) is 4.98 Å². The number of carbonyl (C=O) groups is 2. The molecule has 0 saturated heterocycles. The molecular weight excluding hydrogens is 348 g/mol. The van der Waals surface area contributed by atoms with E-state index in [9.17, 15) is 9.59 Å². The van der Waals surface area contributed by atoms with E-state index in [1.54, 1.807) is 53.6 Å². The Hall–Kier alpha value is -3.19. The fourth-order valence-corrected chi connectivity index (χ4v) is 3.02. The molecule has 0 atom stereocenters. The highest BCUT2D eigenvalue weighted by Gasteiger charge is 2.14. The van der Waals surface area contributed by atoms with Crippen molar-refractivity contribution < 1.29 is 9.59 Å². The molecule has 0 saturated carbocycles. The maximum Gasteiger partial charge on any atom is 0.265 e. The Morgan fingerprint density at radius 3 is 2.35 bits per heavy atom. The summed E-state index contributed by atoms with van der Waals surface area (Å²) in [6, 6.07) is 14.1. The van der Waals surface area contributed by atoms with Crippen LogP contribution in [0.15, 0.2) is 60.1 Å². The molecule has 132 valence electrons. The zero-order valence-corrected chi connectivity index (χ0v) is 15.2. The number of thiophene rings is 1. The van der Waals surface area contributed by atoms with E-state index in [1.165, 1.54) is 11.3 Å². The third kappa shape index (κ3) is 4.07. The summed E-state index contributed by atoms with van der Waals surface area (Å²) >= 11 is 1.37. The molecule has 0 bridgehead atoms. The molecule has 0 radical (unpaired) electrons. The Balaban J connectivity index is 1.75. The lowest BCUT2D eigenvalue weighted by atomic mass is 10.2. The van der Waals surface area contributed by atoms with Crippen LogP contribution in [0.25, 0.3) is 0 Å². The van der Waals surface area contributed by atoms with Crippen molar-refractivity contribution in [1.29, 1.82) is 0 Å². The predicted octanol–water partition coefficient (Wildman–Crippen LogP) is 3.71. The Kier molecular flexibility index (Phi) is 5.28. The highest BCUT2D eigenvalue weighted by molar-refractivity contribution is 7.12. The van der Waals surface area contributed by atoms with Gasteiger partial charge in [-0.05, 0) is 41.8 Å². The van der Waals surface area contributed by atoms with Gasteiger partial charge in [-0.15, -0.1) is 11.3 Å². The number of anilines is 3. The summed E-state index contributed by atoms with van der Waals surface area (Å²) in [6.07, 6.45) is 1.65. The van der Waals surface area contributed by atoms with Gasteiger partial charge in [-0.2, -0.15) is 0 Å².